The van der Waals surface area contributed by atoms with Crippen molar-refractivity contribution >= 4 is 34.4 Å². The van der Waals surface area contributed by atoms with E-state index in [9.17, 15) is 18.0 Å². The number of pyridine rings is 1. The molecule has 1 atom stereocenters. The second kappa shape index (κ2) is 7.32. The Hall–Kier alpha value is -3.07. The van der Waals surface area contributed by atoms with Crippen molar-refractivity contribution in [1.29, 1.82) is 0 Å². The Morgan fingerprint density at radius 3 is 2.53 bits per heavy atom. The minimum absolute atomic E-state index is 0.104. The van der Waals surface area contributed by atoms with Crippen LogP contribution in [0.2, 0.25) is 5.15 Å². The van der Waals surface area contributed by atoms with Crippen molar-refractivity contribution in [1.82, 2.24) is 14.8 Å². The molecule has 1 unspecified atom stereocenters. The molecule has 1 saturated heterocycles. The van der Waals surface area contributed by atoms with Crippen molar-refractivity contribution in [3.05, 3.63) is 59.3 Å². The first-order valence-electron chi connectivity index (χ1n) is 9.11. The van der Waals surface area contributed by atoms with Gasteiger partial charge >= 0.3 is 6.18 Å². The fraction of sp³-hybridized carbons (Fsp3) is 0.250. The molecule has 4 rings (SSSR count). The Morgan fingerprint density at radius 1 is 1.20 bits per heavy atom. The van der Waals surface area contributed by atoms with Crippen molar-refractivity contribution < 1.29 is 18.0 Å². The maximum absolute atomic E-state index is 12.9. The molecule has 3 aromatic rings. The second-order valence-electron chi connectivity index (χ2n) is 7.10. The summed E-state index contributed by atoms with van der Waals surface area (Å²) in [4.78, 5) is 17.8. The van der Waals surface area contributed by atoms with Crippen LogP contribution >= 0.6 is 11.6 Å². The Bertz CT molecular complexity index is 1140. The number of primary amides is 1. The minimum atomic E-state index is -4.42. The van der Waals surface area contributed by atoms with Crippen LogP contribution in [0.15, 0.2) is 48.6 Å². The number of carbonyl (C=O) groups is 1. The number of amides is 1. The number of anilines is 1. The molecule has 0 radical (unpaired) electrons. The number of rotatable bonds is 4. The van der Waals surface area contributed by atoms with Crippen molar-refractivity contribution in [2.24, 2.45) is 11.7 Å². The molecule has 10 heteroatoms. The SMILES string of the molecule is C=C(C(N)=O)C1CCN(c2nn(-c3ccc(C(F)(F)F)cc3)c3ccc(Cl)nc23)C1. The molecule has 2 N–H and O–H groups in total. The first kappa shape index (κ1) is 20.2. The summed E-state index contributed by atoms with van der Waals surface area (Å²) < 4.78 is 40.2. The molecule has 3 heterocycles. The van der Waals surface area contributed by atoms with Crippen LogP contribution in [0.4, 0.5) is 19.0 Å². The van der Waals surface area contributed by atoms with Gasteiger partial charge in [0.1, 0.15) is 10.7 Å². The van der Waals surface area contributed by atoms with E-state index in [2.05, 4.69) is 16.7 Å². The van der Waals surface area contributed by atoms with Gasteiger partial charge in [-0.3, -0.25) is 4.79 Å². The fourth-order valence-corrected chi connectivity index (χ4v) is 3.75. The number of halogens is 4. The van der Waals surface area contributed by atoms with Gasteiger partial charge in [-0.25, -0.2) is 9.67 Å². The number of nitrogens with zero attached hydrogens (tertiary/aromatic N) is 4. The second-order valence-corrected chi connectivity index (χ2v) is 7.49. The predicted molar refractivity (Wildman–Crippen MR) is 108 cm³/mol. The molecular formula is C20H17ClF3N5O. The molecule has 1 aliphatic rings. The van der Waals surface area contributed by atoms with E-state index < -0.39 is 17.6 Å². The number of carbonyl (C=O) groups excluding carboxylic acids is 1. The molecule has 1 aliphatic heterocycles. The molecule has 156 valence electrons. The Balaban J connectivity index is 1.75. The lowest BCUT2D eigenvalue weighted by Gasteiger charge is -2.16. The third-order valence-corrected chi connectivity index (χ3v) is 5.42. The summed E-state index contributed by atoms with van der Waals surface area (Å²) >= 11 is 6.08. The van der Waals surface area contributed by atoms with E-state index >= 15 is 0 Å². The van der Waals surface area contributed by atoms with Crippen LogP contribution in [0.5, 0.6) is 0 Å². The number of benzene rings is 1. The zero-order valence-electron chi connectivity index (χ0n) is 15.7. The van der Waals surface area contributed by atoms with E-state index in [4.69, 9.17) is 17.3 Å². The first-order chi connectivity index (χ1) is 14.1. The lowest BCUT2D eigenvalue weighted by atomic mass is 9.99. The number of nitrogens with two attached hydrogens (primary N) is 1. The van der Waals surface area contributed by atoms with E-state index in [-0.39, 0.29) is 11.1 Å². The van der Waals surface area contributed by atoms with Gasteiger partial charge in [0.15, 0.2) is 5.82 Å². The van der Waals surface area contributed by atoms with Crippen molar-refractivity contribution in [3.8, 4) is 5.69 Å². The smallest absolute Gasteiger partial charge is 0.366 e. The molecule has 0 bridgehead atoms. The van der Waals surface area contributed by atoms with Crippen molar-refractivity contribution in [3.63, 3.8) is 0 Å². The highest BCUT2D eigenvalue weighted by molar-refractivity contribution is 6.29. The first-order valence-corrected chi connectivity index (χ1v) is 9.49. The summed E-state index contributed by atoms with van der Waals surface area (Å²) in [5, 5.41) is 4.88. The van der Waals surface area contributed by atoms with Gasteiger partial charge < -0.3 is 10.6 Å². The van der Waals surface area contributed by atoms with Gasteiger partial charge in [-0.15, -0.1) is 5.10 Å². The molecule has 2 aromatic heterocycles. The minimum Gasteiger partial charge on any atom is -0.366 e. The Morgan fingerprint density at radius 2 is 1.90 bits per heavy atom. The van der Waals surface area contributed by atoms with E-state index in [0.717, 1.165) is 12.1 Å². The normalized spacial score (nSPS) is 16.9. The van der Waals surface area contributed by atoms with Gasteiger partial charge in [0.25, 0.3) is 0 Å². The van der Waals surface area contributed by atoms with Crippen molar-refractivity contribution in [2.45, 2.75) is 12.6 Å². The number of fused-ring (bicyclic) bond motifs is 1. The third kappa shape index (κ3) is 3.60. The zero-order valence-corrected chi connectivity index (χ0v) is 16.4. The Kier molecular flexibility index (Phi) is 4.93. The maximum atomic E-state index is 12.9. The Labute approximate surface area is 174 Å². The number of hydrogen-bond donors (Lipinski definition) is 1. The molecule has 0 spiro atoms. The van der Waals surface area contributed by atoms with Gasteiger partial charge in [0, 0.05) is 24.6 Å². The molecule has 1 aromatic carbocycles. The summed E-state index contributed by atoms with van der Waals surface area (Å²) in [5.41, 5.74) is 6.55. The summed E-state index contributed by atoms with van der Waals surface area (Å²) in [6.45, 7) is 4.85. The average molecular weight is 436 g/mol. The van der Waals surface area contributed by atoms with Crippen LogP contribution in [-0.2, 0) is 11.0 Å². The highest BCUT2D eigenvalue weighted by atomic mass is 35.5. The van der Waals surface area contributed by atoms with Gasteiger partial charge in [-0.1, -0.05) is 18.2 Å². The van der Waals surface area contributed by atoms with Gasteiger partial charge in [-0.2, -0.15) is 13.2 Å². The fourth-order valence-electron chi connectivity index (χ4n) is 3.60. The standard InChI is InChI=1S/C20H17ClF3N5O/c1-11(18(25)30)12-8-9-28(10-12)19-17-15(6-7-16(21)26-17)29(27-19)14-4-2-13(3-5-14)20(22,23)24/h2-7,12H,1,8-10H2,(H2,25,30). The monoisotopic (exact) mass is 435 g/mol. The largest absolute Gasteiger partial charge is 0.416 e. The highest BCUT2D eigenvalue weighted by Crippen LogP contribution is 2.34. The maximum Gasteiger partial charge on any atom is 0.416 e. The van der Waals surface area contributed by atoms with E-state index in [1.807, 2.05) is 4.90 Å². The molecule has 1 fully saturated rings. The lowest BCUT2D eigenvalue weighted by molar-refractivity contribution is -0.137. The summed E-state index contributed by atoms with van der Waals surface area (Å²) in [6, 6.07) is 8.04. The van der Waals surface area contributed by atoms with Gasteiger partial charge in [-0.05, 0) is 42.8 Å². The van der Waals surface area contributed by atoms with E-state index in [1.54, 1.807) is 12.1 Å². The van der Waals surface area contributed by atoms with Crippen molar-refractivity contribution in [2.75, 3.05) is 18.0 Å². The summed E-state index contributed by atoms with van der Waals surface area (Å²) in [7, 11) is 0. The van der Waals surface area contributed by atoms with Crippen LogP contribution < -0.4 is 10.6 Å². The van der Waals surface area contributed by atoms with E-state index in [0.29, 0.717) is 47.6 Å². The number of aromatic nitrogens is 3. The number of alkyl halides is 3. The average Bonchev–Trinajstić information content (AvgIpc) is 3.31. The number of hydrogen-bond acceptors (Lipinski definition) is 4. The molecule has 30 heavy (non-hydrogen) atoms. The highest BCUT2D eigenvalue weighted by Gasteiger charge is 2.32. The van der Waals surface area contributed by atoms with Crippen LogP contribution in [0, 0.1) is 5.92 Å². The zero-order chi connectivity index (χ0) is 21.6. The molecular weight excluding hydrogens is 419 g/mol. The topological polar surface area (TPSA) is 77.0 Å². The molecule has 0 saturated carbocycles. The van der Waals surface area contributed by atoms with Crippen LogP contribution in [0.3, 0.4) is 0 Å². The van der Waals surface area contributed by atoms with Gasteiger partial charge in [0.05, 0.1) is 16.8 Å². The van der Waals surface area contributed by atoms with E-state index in [1.165, 1.54) is 16.8 Å². The van der Waals surface area contributed by atoms with Crippen LogP contribution in [-0.4, -0.2) is 33.8 Å². The predicted octanol–water partition coefficient (Wildman–Crippen LogP) is 3.96. The van der Waals surface area contributed by atoms with Crippen LogP contribution in [0.25, 0.3) is 16.7 Å². The molecule has 1 amide bonds. The lowest BCUT2D eigenvalue weighted by Crippen LogP contribution is -2.24. The van der Waals surface area contributed by atoms with Crippen LogP contribution in [0.1, 0.15) is 12.0 Å². The summed E-state index contributed by atoms with van der Waals surface area (Å²) in [6.07, 6.45) is -3.74. The molecule has 6 nitrogen and oxygen atoms in total. The van der Waals surface area contributed by atoms with Gasteiger partial charge in [0.2, 0.25) is 5.91 Å². The third-order valence-electron chi connectivity index (χ3n) is 5.21. The quantitative estimate of drug-likeness (QED) is 0.497. The molecule has 0 aliphatic carbocycles. The summed E-state index contributed by atoms with van der Waals surface area (Å²) in [5.74, 6) is -0.108.